The monoisotopic (exact) mass is 416 g/mol. The zero-order chi connectivity index (χ0) is 18.9. The molecule has 0 radical (unpaired) electrons. The van der Waals surface area contributed by atoms with E-state index in [0.29, 0.717) is 9.93 Å². The number of carbonyl (C=O) groups excluding carboxylic acids is 3. The molecule has 5 nitrogen and oxygen atoms in total. The van der Waals surface area contributed by atoms with E-state index in [9.17, 15) is 14.4 Å². The minimum atomic E-state index is -0.443. The third-order valence-electron chi connectivity index (χ3n) is 5.59. The summed E-state index contributed by atoms with van der Waals surface area (Å²) in [6, 6.07) is 7.03. The van der Waals surface area contributed by atoms with Crippen LogP contribution in [0.3, 0.4) is 0 Å². The van der Waals surface area contributed by atoms with Crippen LogP contribution in [0.15, 0.2) is 41.3 Å². The van der Waals surface area contributed by atoms with Crippen LogP contribution in [-0.4, -0.2) is 32.1 Å². The lowest BCUT2D eigenvalue weighted by Gasteiger charge is -2.25. The molecule has 3 fully saturated rings. The minimum absolute atomic E-state index is 0.0875. The van der Waals surface area contributed by atoms with Crippen molar-refractivity contribution in [1.82, 2.24) is 10.0 Å². The van der Waals surface area contributed by atoms with Crippen LogP contribution in [-0.2, 0) is 14.4 Å². The molecule has 2 saturated heterocycles. The van der Waals surface area contributed by atoms with Gasteiger partial charge in [-0.25, -0.2) is 0 Å². The van der Waals surface area contributed by atoms with Crippen LogP contribution in [0.4, 0.5) is 0 Å². The molecule has 4 atom stereocenters. The van der Waals surface area contributed by atoms with Crippen LogP contribution in [0.1, 0.15) is 12.0 Å². The van der Waals surface area contributed by atoms with Crippen molar-refractivity contribution >= 4 is 63.7 Å². The minimum Gasteiger partial charge on any atom is -0.272 e. The maximum Gasteiger partial charge on any atom is 0.285 e. The van der Waals surface area contributed by atoms with Crippen molar-refractivity contribution in [3.05, 3.63) is 51.9 Å². The van der Waals surface area contributed by atoms with Crippen molar-refractivity contribution < 1.29 is 14.4 Å². The van der Waals surface area contributed by atoms with Gasteiger partial charge >= 0.3 is 0 Å². The molecule has 27 heavy (non-hydrogen) atoms. The Kier molecular flexibility index (Phi) is 3.83. The van der Waals surface area contributed by atoms with E-state index in [-0.39, 0.29) is 39.8 Å². The van der Waals surface area contributed by atoms with Crippen molar-refractivity contribution in [3.63, 3.8) is 0 Å². The highest BCUT2D eigenvalue weighted by atomic mass is 35.5. The Hall–Kier alpha value is -1.96. The number of imide groups is 1. The van der Waals surface area contributed by atoms with Gasteiger partial charge in [-0.2, -0.15) is 10.0 Å². The molecule has 1 aromatic carbocycles. The standard InChI is InChI=1S/C19H13ClN2O3S2/c20-12-5-1-9(2-6-12)7-13-16(23)22(19(26)27-13)21-17(24)14-10-3-4-11(8-10)15(14)18(21)25/h1-7,10-11,14-15H,8H2/b13-7+. The Morgan fingerprint density at radius 1 is 1.00 bits per heavy atom. The zero-order valence-corrected chi connectivity index (χ0v) is 16.3. The lowest BCUT2D eigenvalue weighted by molar-refractivity contribution is -0.159. The average Bonchev–Trinajstić information content (AvgIpc) is 3.37. The number of fused-ring (bicyclic) bond motifs is 5. The van der Waals surface area contributed by atoms with E-state index in [1.54, 1.807) is 30.3 Å². The summed E-state index contributed by atoms with van der Waals surface area (Å²) >= 11 is 12.3. The first-order chi connectivity index (χ1) is 13.0. The zero-order valence-electron chi connectivity index (χ0n) is 13.9. The predicted octanol–water partition coefficient (Wildman–Crippen LogP) is 3.26. The highest BCUT2D eigenvalue weighted by Crippen LogP contribution is 2.53. The van der Waals surface area contributed by atoms with E-state index in [1.165, 1.54) is 0 Å². The number of halogens is 1. The van der Waals surface area contributed by atoms with E-state index in [0.717, 1.165) is 33.8 Å². The largest absolute Gasteiger partial charge is 0.285 e. The van der Waals surface area contributed by atoms with Gasteiger partial charge in [-0.15, -0.1) is 0 Å². The molecule has 1 aromatic rings. The fraction of sp³-hybridized carbons (Fsp3) is 0.263. The summed E-state index contributed by atoms with van der Waals surface area (Å²) in [5.74, 6) is -1.62. The van der Waals surface area contributed by atoms with Gasteiger partial charge < -0.3 is 0 Å². The summed E-state index contributed by atoms with van der Waals surface area (Å²) < 4.78 is 0.196. The first-order valence-corrected chi connectivity index (χ1v) is 10.2. The molecule has 0 N–H and O–H groups in total. The summed E-state index contributed by atoms with van der Waals surface area (Å²) in [7, 11) is 0. The van der Waals surface area contributed by atoms with Gasteiger partial charge in [-0.3, -0.25) is 14.4 Å². The first-order valence-electron chi connectivity index (χ1n) is 8.55. The predicted molar refractivity (Wildman–Crippen MR) is 106 cm³/mol. The number of allylic oxidation sites excluding steroid dienone is 2. The van der Waals surface area contributed by atoms with Crippen LogP contribution < -0.4 is 0 Å². The van der Waals surface area contributed by atoms with E-state index in [2.05, 4.69) is 0 Å². The first kappa shape index (κ1) is 17.2. The number of thiocarbonyl (C=S) groups is 1. The fourth-order valence-electron chi connectivity index (χ4n) is 4.43. The second-order valence-electron chi connectivity index (χ2n) is 7.03. The van der Waals surface area contributed by atoms with Crippen LogP contribution in [0.5, 0.6) is 0 Å². The molecule has 4 unspecified atom stereocenters. The molecule has 8 heteroatoms. The van der Waals surface area contributed by atoms with Crippen molar-refractivity contribution in [2.75, 3.05) is 0 Å². The molecular weight excluding hydrogens is 404 g/mol. The van der Waals surface area contributed by atoms with Gasteiger partial charge in [0, 0.05) is 5.02 Å². The van der Waals surface area contributed by atoms with Crippen LogP contribution in [0.2, 0.25) is 5.02 Å². The Balaban J connectivity index is 1.45. The Bertz CT molecular complexity index is 942. The average molecular weight is 417 g/mol. The van der Waals surface area contributed by atoms with Gasteiger partial charge in [0.1, 0.15) is 0 Å². The normalized spacial score (nSPS) is 33.1. The van der Waals surface area contributed by atoms with Crippen molar-refractivity contribution in [1.29, 1.82) is 0 Å². The van der Waals surface area contributed by atoms with Gasteiger partial charge in [0.15, 0.2) is 4.32 Å². The molecule has 1 saturated carbocycles. The number of hydrogen-bond acceptors (Lipinski definition) is 5. The van der Waals surface area contributed by atoms with E-state index >= 15 is 0 Å². The highest BCUT2D eigenvalue weighted by Gasteiger charge is 2.62. The second-order valence-corrected chi connectivity index (χ2v) is 9.15. The number of amides is 3. The molecule has 3 amide bonds. The summed E-state index contributed by atoms with van der Waals surface area (Å²) in [5, 5.41) is 2.66. The van der Waals surface area contributed by atoms with Crippen LogP contribution in [0, 0.1) is 23.7 Å². The third-order valence-corrected chi connectivity index (χ3v) is 7.12. The molecule has 2 heterocycles. The number of thioether (sulfide) groups is 1. The maximum absolute atomic E-state index is 12.9. The maximum atomic E-state index is 12.9. The second kappa shape index (κ2) is 6.02. The number of benzene rings is 1. The number of nitrogens with zero attached hydrogens (tertiary/aromatic N) is 2. The molecule has 4 aliphatic rings. The Morgan fingerprint density at radius 2 is 1.59 bits per heavy atom. The number of rotatable bonds is 2. The van der Waals surface area contributed by atoms with Gasteiger partial charge in [-0.05, 0) is 54.2 Å². The summed E-state index contributed by atoms with van der Waals surface area (Å²) in [6.07, 6.45) is 6.57. The molecule has 5 rings (SSSR count). The number of carbonyl (C=O) groups is 3. The van der Waals surface area contributed by atoms with E-state index in [1.807, 2.05) is 12.2 Å². The lowest BCUT2D eigenvalue weighted by Crippen LogP contribution is -2.49. The number of hydrazine groups is 1. The van der Waals surface area contributed by atoms with Crippen molar-refractivity contribution in [2.45, 2.75) is 6.42 Å². The molecular formula is C19H13ClN2O3S2. The van der Waals surface area contributed by atoms with Crippen LogP contribution >= 0.6 is 35.6 Å². The molecule has 0 aromatic heterocycles. The van der Waals surface area contributed by atoms with Gasteiger partial charge in [0.05, 0.1) is 16.7 Å². The van der Waals surface area contributed by atoms with Gasteiger partial charge in [0.25, 0.3) is 17.7 Å². The summed E-state index contributed by atoms with van der Waals surface area (Å²) in [6.45, 7) is 0. The molecule has 2 bridgehead atoms. The molecule has 2 aliphatic heterocycles. The fourth-order valence-corrected chi connectivity index (χ4v) is 5.79. The third kappa shape index (κ3) is 2.45. The topological polar surface area (TPSA) is 57.7 Å². The van der Waals surface area contributed by atoms with Crippen molar-refractivity contribution in [2.24, 2.45) is 23.7 Å². The lowest BCUT2D eigenvalue weighted by atomic mass is 9.85. The van der Waals surface area contributed by atoms with Crippen molar-refractivity contribution in [3.8, 4) is 0 Å². The van der Waals surface area contributed by atoms with Gasteiger partial charge in [0.2, 0.25) is 0 Å². The Morgan fingerprint density at radius 3 is 2.19 bits per heavy atom. The Labute approximate surface area is 170 Å². The highest BCUT2D eigenvalue weighted by molar-refractivity contribution is 8.26. The summed E-state index contributed by atoms with van der Waals surface area (Å²) in [5.41, 5.74) is 0.790. The quantitative estimate of drug-likeness (QED) is 0.320. The smallest absolute Gasteiger partial charge is 0.272 e. The van der Waals surface area contributed by atoms with Gasteiger partial charge in [-0.1, -0.05) is 47.6 Å². The van der Waals surface area contributed by atoms with E-state index < -0.39 is 5.91 Å². The number of hydrogen-bond donors (Lipinski definition) is 0. The molecule has 0 spiro atoms. The van der Waals surface area contributed by atoms with Crippen LogP contribution in [0.25, 0.3) is 6.08 Å². The molecule has 136 valence electrons. The van der Waals surface area contributed by atoms with E-state index in [4.69, 9.17) is 23.8 Å². The SMILES string of the molecule is O=C1/C(=C\c2ccc(Cl)cc2)SC(=S)N1N1C(=O)C2C3C=CC(C3)C2C1=O. The summed E-state index contributed by atoms with van der Waals surface area (Å²) in [4.78, 5) is 39.2. The molecule has 2 aliphatic carbocycles.